The van der Waals surface area contributed by atoms with Gasteiger partial charge in [0.1, 0.15) is 0 Å². The van der Waals surface area contributed by atoms with Gasteiger partial charge in [0.2, 0.25) is 0 Å². The molecule has 0 bridgehead atoms. The van der Waals surface area contributed by atoms with E-state index >= 15 is 0 Å². The van der Waals surface area contributed by atoms with Crippen molar-refractivity contribution < 1.29 is 0 Å². The van der Waals surface area contributed by atoms with Gasteiger partial charge in [-0.15, -0.1) is 0 Å². The molecule has 2 N–H and O–H groups in total. The van der Waals surface area contributed by atoms with Crippen molar-refractivity contribution >= 4 is 0 Å². The van der Waals surface area contributed by atoms with Crippen LogP contribution in [0, 0.1) is 0 Å². The van der Waals surface area contributed by atoms with Gasteiger partial charge in [0.25, 0.3) is 0 Å². The largest absolute Gasteiger partial charge is 0.301 e. The van der Waals surface area contributed by atoms with E-state index in [-0.39, 0.29) is 0 Å². The van der Waals surface area contributed by atoms with Gasteiger partial charge in [-0.05, 0) is 24.9 Å². The van der Waals surface area contributed by atoms with Crippen LogP contribution in [-0.4, -0.2) is 42.6 Å². The lowest BCUT2D eigenvalue weighted by atomic mass is 10.1. The molecule has 1 aliphatic rings. The molecule has 3 heteroatoms. The smallest absolute Gasteiger partial charge is 0.0257 e. The summed E-state index contributed by atoms with van der Waals surface area (Å²) < 4.78 is 0. The first kappa shape index (κ1) is 11.6. The SMILES string of the molecule is NN1CCN(CCCc2ccccc2)CC1. The van der Waals surface area contributed by atoms with Crippen LogP contribution < -0.4 is 5.84 Å². The van der Waals surface area contributed by atoms with Crippen molar-refractivity contribution in [3.63, 3.8) is 0 Å². The highest BCUT2D eigenvalue weighted by Gasteiger charge is 2.12. The van der Waals surface area contributed by atoms with E-state index in [1.807, 2.05) is 5.01 Å². The molecule has 0 amide bonds. The summed E-state index contributed by atoms with van der Waals surface area (Å²) in [6.07, 6.45) is 2.43. The third-order valence-electron chi connectivity index (χ3n) is 3.19. The lowest BCUT2D eigenvalue weighted by molar-refractivity contribution is 0.133. The molecular weight excluding hydrogens is 198 g/mol. The van der Waals surface area contributed by atoms with Crippen molar-refractivity contribution in [1.82, 2.24) is 9.91 Å². The minimum absolute atomic E-state index is 1.01. The van der Waals surface area contributed by atoms with Crippen LogP contribution >= 0.6 is 0 Å². The molecule has 88 valence electrons. The van der Waals surface area contributed by atoms with Crippen LogP contribution in [0.5, 0.6) is 0 Å². The number of nitrogens with two attached hydrogens (primary N) is 1. The van der Waals surface area contributed by atoms with Gasteiger partial charge in [-0.2, -0.15) is 0 Å². The first-order chi connectivity index (χ1) is 7.84. The maximum absolute atomic E-state index is 5.72. The first-order valence-electron chi connectivity index (χ1n) is 6.10. The van der Waals surface area contributed by atoms with Gasteiger partial charge in [-0.25, -0.2) is 5.01 Å². The van der Waals surface area contributed by atoms with Crippen LogP contribution in [0.4, 0.5) is 0 Å². The zero-order valence-corrected chi connectivity index (χ0v) is 9.81. The number of aryl methyl sites for hydroxylation is 1. The molecule has 1 aliphatic heterocycles. The standard InChI is InChI=1S/C13H21N3/c14-16-11-9-15(10-12-16)8-4-7-13-5-2-1-3-6-13/h1-3,5-6H,4,7-12,14H2. The Hall–Kier alpha value is -0.900. The van der Waals surface area contributed by atoms with Crippen LogP contribution in [0.3, 0.4) is 0 Å². The summed E-state index contributed by atoms with van der Waals surface area (Å²) >= 11 is 0. The van der Waals surface area contributed by atoms with E-state index in [1.54, 1.807) is 0 Å². The number of benzene rings is 1. The van der Waals surface area contributed by atoms with E-state index in [2.05, 4.69) is 35.2 Å². The number of hydrogen-bond donors (Lipinski definition) is 1. The molecule has 0 aromatic heterocycles. The average molecular weight is 219 g/mol. The Morgan fingerprint density at radius 3 is 2.38 bits per heavy atom. The van der Waals surface area contributed by atoms with Crippen molar-refractivity contribution in [2.75, 3.05) is 32.7 Å². The highest BCUT2D eigenvalue weighted by Crippen LogP contribution is 2.05. The van der Waals surface area contributed by atoms with Crippen molar-refractivity contribution in [1.29, 1.82) is 0 Å². The van der Waals surface area contributed by atoms with Crippen molar-refractivity contribution in [3.8, 4) is 0 Å². The summed E-state index contributed by atoms with van der Waals surface area (Å²) in [7, 11) is 0. The van der Waals surface area contributed by atoms with E-state index in [0.29, 0.717) is 0 Å². The molecule has 0 spiro atoms. The Balaban J connectivity index is 1.65. The summed E-state index contributed by atoms with van der Waals surface area (Å²) in [6.45, 7) is 5.44. The number of nitrogens with zero attached hydrogens (tertiary/aromatic N) is 2. The molecule has 1 aromatic carbocycles. The van der Waals surface area contributed by atoms with Gasteiger partial charge in [0.15, 0.2) is 0 Å². The Morgan fingerprint density at radius 2 is 1.69 bits per heavy atom. The van der Waals surface area contributed by atoms with Crippen LogP contribution in [-0.2, 0) is 6.42 Å². The molecule has 16 heavy (non-hydrogen) atoms. The molecule has 3 nitrogen and oxygen atoms in total. The monoisotopic (exact) mass is 219 g/mol. The molecule has 0 aliphatic carbocycles. The lowest BCUT2D eigenvalue weighted by Gasteiger charge is -2.31. The fourth-order valence-corrected chi connectivity index (χ4v) is 2.14. The highest BCUT2D eigenvalue weighted by molar-refractivity contribution is 5.14. The molecule has 1 fully saturated rings. The molecule has 1 aromatic rings. The van der Waals surface area contributed by atoms with Crippen molar-refractivity contribution in [2.45, 2.75) is 12.8 Å². The summed E-state index contributed by atoms with van der Waals surface area (Å²) in [4.78, 5) is 2.51. The molecule has 1 heterocycles. The van der Waals surface area contributed by atoms with Gasteiger partial charge >= 0.3 is 0 Å². The van der Waals surface area contributed by atoms with Gasteiger partial charge in [0, 0.05) is 26.2 Å². The molecular formula is C13H21N3. The van der Waals surface area contributed by atoms with Gasteiger partial charge in [-0.1, -0.05) is 30.3 Å². The second-order valence-corrected chi connectivity index (χ2v) is 4.47. The minimum atomic E-state index is 1.01. The molecule has 0 atom stereocenters. The third kappa shape index (κ3) is 3.59. The minimum Gasteiger partial charge on any atom is -0.301 e. The Bertz CT molecular complexity index is 291. The van der Waals surface area contributed by atoms with E-state index < -0.39 is 0 Å². The number of hydrogen-bond acceptors (Lipinski definition) is 3. The van der Waals surface area contributed by atoms with E-state index in [9.17, 15) is 0 Å². The molecule has 1 saturated heterocycles. The zero-order valence-electron chi connectivity index (χ0n) is 9.81. The highest BCUT2D eigenvalue weighted by atomic mass is 15.4. The summed E-state index contributed by atoms with van der Waals surface area (Å²) in [5.74, 6) is 5.72. The predicted molar refractivity (Wildman–Crippen MR) is 67.0 cm³/mol. The van der Waals surface area contributed by atoms with Gasteiger partial charge in [-0.3, -0.25) is 5.84 Å². The molecule has 0 saturated carbocycles. The van der Waals surface area contributed by atoms with Gasteiger partial charge in [0.05, 0.1) is 0 Å². The fourth-order valence-electron chi connectivity index (χ4n) is 2.14. The number of piperazine rings is 1. The Kier molecular flexibility index (Phi) is 4.34. The van der Waals surface area contributed by atoms with Crippen LogP contribution in [0.15, 0.2) is 30.3 Å². The van der Waals surface area contributed by atoms with Crippen molar-refractivity contribution in [2.24, 2.45) is 5.84 Å². The summed E-state index contributed by atoms with van der Waals surface area (Å²) in [5, 5.41) is 1.91. The van der Waals surface area contributed by atoms with Gasteiger partial charge < -0.3 is 4.90 Å². The summed E-state index contributed by atoms with van der Waals surface area (Å²) in [5.41, 5.74) is 1.44. The maximum Gasteiger partial charge on any atom is 0.0257 e. The fraction of sp³-hybridized carbons (Fsp3) is 0.538. The molecule has 0 unspecified atom stereocenters. The lowest BCUT2D eigenvalue weighted by Crippen LogP contribution is -2.49. The Labute approximate surface area is 97.8 Å². The third-order valence-corrected chi connectivity index (χ3v) is 3.19. The van der Waals surface area contributed by atoms with Crippen LogP contribution in [0.25, 0.3) is 0 Å². The Morgan fingerprint density at radius 1 is 1.00 bits per heavy atom. The predicted octanol–water partition coefficient (Wildman–Crippen LogP) is 1.11. The quantitative estimate of drug-likeness (QED) is 0.770. The summed E-state index contributed by atoms with van der Waals surface area (Å²) in [6, 6.07) is 10.7. The second kappa shape index (κ2) is 5.99. The molecule has 0 radical (unpaired) electrons. The number of hydrazine groups is 1. The van der Waals surface area contributed by atoms with Crippen LogP contribution in [0.1, 0.15) is 12.0 Å². The maximum atomic E-state index is 5.72. The van der Waals surface area contributed by atoms with E-state index in [1.165, 1.54) is 24.9 Å². The van der Waals surface area contributed by atoms with Crippen molar-refractivity contribution in [3.05, 3.63) is 35.9 Å². The first-order valence-corrected chi connectivity index (χ1v) is 6.10. The van der Waals surface area contributed by atoms with E-state index in [4.69, 9.17) is 5.84 Å². The zero-order chi connectivity index (χ0) is 11.2. The average Bonchev–Trinajstić information content (AvgIpc) is 2.33. The topological polar surface area (TPSA) is 32.5 Å². The second-order valence-electron chi connectivity index (χ2n) is 4.47. The number of rotatable bonds is 4. The molecule has 2 rings (SSSR count). The van der Waals surface area contributed by atoms with E-state index in [0.717, 1.165) is 26.2 Å². The van der Waals surface area contributed by atoms with Crippen LogP contribution in [0.2, 0.25) is 0 Å². The normalized spacial score (nSPS) is 18.8.